The first-order valence-corrected chi connectivity index (χ1v) is 8.10. The molecule has 0 fully saturated rings. The predicted octanol–water partition coefficient (Wildman–Crippen LogP) is 3.91. The van der Waals surface area contributed by atoms with Gasteiger partial charge in [-0.25, -0.2) is 0 Å². The molecule has 2 amide bonds. The third-order valence-electron chi connectivity index (χ3n) is 4.21. The van der Waals surface area contributed by atoms with Gasteiger partial charge in [0.1, 0.15) is 6.07 Å². The van der Waals surface area contributed by atoms with Crippen molar-refractivity contribution >= 4 is 40.5 Å². The summed E-state index contributed by atoms with van der Waals surface area (Å²) in [6.45, 7) is 0.00611. The van der Waals surface area contributed by atoms with E-state index in [4.69, 9.17) is 23.2 Å². The SMILES string of the molecule is N#Cc1c(CN2C(=O)c3cc(Cl)c(Cl)cc3C2=O)cn2ccccc12. The summed E-state index contributed by atoms with van der Waals surface area (Å²) in [5, 5.41) is 9.91. The van der Waals surface area contributed by atoms with E-state index in [-0.39, 0.29) is 27.7 Å². The molecule has 4 rings (SSSR count). The van der Waals surface area contributed by atoms with E-state index in [9.17, 15) is 14.9 Å². The van der Waals surface area contributed by atoms with E-state index in [1.807, 2.05) is 24.4 Å². The van der Waals surface area contributed by atoms with Gasteiger partial charge in [-0.15, -0.1) is 0 Å². The van der Waals surface area contributed by atoms with Crippen LogP contribution in [-0.2, 0) is 6.54 Å². The summed E-state index contributed by atoms with van der Waals surface area (Å²) < 4.78 is 1.79. The Morgan fingerprint density at radius 3 is 2.28 bits per heavy atom. The van der Waals surface area contributed by atoms with Crippen molar-refractivity contribution < 1.29 is 9.59 Å². The van der Waals surface area contributed by atoms with E-state index in [0.29, 0.717) is 11.1 Å². The number of imide groups is 1. The van der Waals surface area contributed by atoms with Crippen molar-refractivity contribution in [1.29, 1.82) is 5.26 Å². The fourth-order valence-corrected chi connectivity index (χ4v) is 3.35. The third kappa shape index (κ3) is 2.30. The first kappa shape index (κ1) is 15.7. The molecule has 0 saturated carbocycles. The summed E-state index contributed by atoms with van der Waals surface area (Å²) in [6, 6.07) is 10.4. The molecular weight excluding hydrogens is 361 g/mol. The van der Waals surface area contributed by atoms with Gasteiger partial charge in [0.2, 0.25) is 0 Å². The number of aromatic nitrogens is 1. The maximum Gasteiger partial charge on any atom is 0.261 e. The van der Waals surface area contributed by atoms with Crippen molar-refractivity contribution in [3.05, 3.63) is 75.0 Å². The Morgan fingerprint density at radius 2 is 1.68 bits per heavy atom. The zero-order valence-electron chi connectivity index (χ0n) is 12.7. The number of amides is 2. The Balaban J connectivity index is 1.77. The van der Waals surface area contributed by atoms with Gasteiger partial charge in [0.05, 0.1) is 38.8 Å². The molecule has 0 spiro atoms. The summed E-state index contributed by atoms with van der Waals surface area (Å²) in [5.41, 5.74) is 2.21. The molecule has 7 heteroatoms. The second kappa shape index (κ2) is 5.62. The fourth-order valence-electron chi connectivity index (χ4n) is 3.02. The first-order chi connectivity index (χ1) is 12.0. The maximum absolute atomic E-state index is 12.6. The van der Waals surface area contributed by atoms with Crippen LogP contribution in [0.15, 0.2) is 42.7 Å². The highest BCUT2D eigenvalue weighted by Gasteiger charge is 2.37. The number of carbonyl (C=O) groups is 2. The van der Waals surface area contributed by atoms with Crippen LogP contribution in [-0.4, -0.2) is 21.1 Å². The van der Waals surface area contributed by atoms with E-state index >= 15 is 0 Å². The topological polar surface area (TPSA) is 65.6 Å². The Labute approximate surface area is 152 Å². The highest BCUT2D eigenvalue weighted by Crippen LogP contribution is 2.32. The van der Waals surface area contributed by atoms with E-state index in [1.54, 1.807) is 10.6 Å². The summed E-state index contributed by atoms with van der Waals surface area (Å²) in [7, 11) is 0. The molecule has 2 aromatic heterocycles. The number of carbonyl (C=O) groups excluding carboxylic acids is 2. The molecule has 1 aliphatic heterocycles. The zero-order chi connectivity index (χ0) is 17.7. The summed E-state index contributed by atoms with van der Waals surface area (Å²) in [6.07, 6.45) is 3.55. The van der Waals surface area contributed by atoms with Gasteiger partial charge in [0, 0.05) is 18.0 Å². The number of hydrogen-bond acceptors (Lipinski definition) is 3. The number of pyridine rings is 1. The van der Waals surface area contributed by atoms with Crippen molar-refractivity contribution in [2.24, 2.45) is 0 Å². The van der Waals surface area contributed by atoms with Gasteiger partial charge in [0.15, 0.2) is 0 Å². The molecule has 0 unspecified atom stereocenters. The number of benzene rings is 1. The van der Waals surface area contributed by atoms with Crippen LogP contribution in [0.5, 0.6) is 0 Å². The third-order valence-corrected chi connectivity index (χ3v) is 4.94. The van der Waals surface area contributed by atoms with E-state index in [0.717, 1.165) is 10.4 Å². The van der Waals surface area contributed by atoms with Crippen LogP contribution in [0.4, 0.5) is 0 Å². The molecule has 5 nitrogen and oxygen atoms in total. The van der Waals surface area contributed by atoms with Crippen molar-refractivity contribution in [2.45, 2.75) is 6.54 Å². The minimum atomic E-state index is -0.447. The number of rotatable bonds is 2. The molecule has 0 aliphatic carbocycles. The molecule has 122 valence electrons. The Bertz CT molecular complexity index is 1070. The van der Waals surface area contributed by atoms with Crippen LogP contribution < -0.4 is 0 Å². The molecule has 3 heterocycles. The van der Waals surface area contributed by atoms with E-state index in [2.05, 4.69) is 6.07 Å². The average molecular weight is 370 g/mol. The normalized spacial score (nSPS) is 13.4. The molecule has 0 saturated heterocycles. The summed E-state index contributed by atoms with van der Waals surface area (Å²) >= 11 is 11.9. The van der Waals surface area contributed by atoms with Crippen molar-refractivity contribution in [2.75, 3.05) is 0 Å². The van der Waals surface area contributed by atoms with Gasteiger partial charge in [-0.05, 0) is 24.3 Å². The van der Waals surface area contributed by atoms with Crippen LogP contribution in [0.2, 0.25) is 10.0 Å². The highest BCUT2D eigenvalue weighted by molar-refractivity contribution is 6.43. The van der Waals surface area contributed by atoms with Gasteiger partial charge in [0.25, 0.3) is 11.8 Å². The fraction of sp³-hybridized carbons (Fsp3) is 0.0556. The first-order valence-electron chi connectivity index (χ1n) is 7.35. The molecule has 0 atom stereocenters. The van der Waals surface area contributed by atoms with Crippen molar-refractivity contribution in [3.63, 3.8) is 0 Å². The molecule has 3 aromatic rings. The average Bonchev–Trinajstić information content (AvgIpc) is 3.06. The minimum absolute atomic E-state index is 0.00611. The number of nitriles is 1. The lowest BCUT2D eigenvalue weighted by Gasteiger charge is -2.12. The van der Waals surface area contributed by atoms with Gasteiger partial charge in [-0.3, -0.25) is 14.5 Å². The van der Waals surface area contributed by atoms with Crippen LogP contribution in [0.3, 0.4) is 0 Å². The summed E-state index contributed by atoms with van der Waals surface area (Å²) in [5.74, 6) is -0.893. The van der Waals surface area contributed by atoms with Crippen LogP contribution >= 0.6 is 23.2 Å². The monoisotopic (exact) mass is 369 g/mol. The Kier molecular flexibility index (Phi) is 3.53. The zero-order valence-corrected chi connectivity index (χ0v) is 14.2. The largest absolute Gasteiger partial charge is 0.322 e. The van der Waals surface area contributed by atoms with E-state index in [1.165, 1.54) is 12.1 Å². The van der Waals surface area contributed by atoms with Crippen molar-refractivity contribution in [1.82, 2.24) is 9.30 Å². The second-order valence-electron chi connectivity index (χ2n) is 5.64. The van der Waals surface area contributed by atoms with Crippen LogP contribution in [0.25, 0.3) is 5.52 Å². The molecule has 0 radical (unpaired) electrons. The molecule has 1 aromatic carbocycles. The number of halogens is 2. The lowest BCUT2D eigenvalue weighted by atomic mass is 10.1. The summed E-state index contributed by atoms with van der Waals surface area (Å²) in [4.78, 5) is 26.3. The standard InChI is InChI=1S/C18H9Cl2N3O2/c19-14-5-11-12(6-15(14)20)18(25)23(17(11)24)9-10-8-22-4-2-1-3-16(22)13(10)7-21/h1-6,8H,9H2. The lowest BCUT2D eigenvalue weighted by molar-refractivity contribution is 0.0642. The molecule has 25 heavy (non-hydrogen) atoms. The van der Waals surface area contributed by atoms with Gasteiger partial charge in [-0.2, -0.15) is 5.26 Å². The lowest BCUT2D eigenvalue weighted by Crippen LogP contribution is -2.29. The van der Waals surface area contributed by atoms with E-state index < -0.39 is 11.8 Å². The highest BCUT2D eigenvalue weighted by atomic mass is 35.5. The predicted molar refractivity (Wildman–Crippen MR) is 92.8 cm³/mol. The number of hydrogen-bond donors (Lipinski definition) is 0. The minimum Gasteiger partial charge on any atom is -0.322 e. The van der Waals surface area contributed by atoms with Gasteiger partial charge < -0.3 is 4.40 Å². The van der Waals surface area contributed by atoms with Gasteiger partial charge in [-0.1, -0.05) is 29.3 Å². The maximum atomic E-state index is 12.6. The molecule has 1 aliphatic rings. The number of fused-ring (bicyclic) bond motifs is 2. The second-order valence-corrected chi connectivity index (χ2v) is 6.46. The Hall–Kier alpha value is -2.81. The molecule has 0 N–H and O–H groups in total. The van der Waals surface area contributed by atoms with Crippen LogP contribution in [0.1, 0.15) is 31.8 Å². The smallest absolute Gasteiger partial charge is 0.261 e. The molecule has 0 bridgehead atoms. The van der Waals surface area contributed by atoms with Crippen molar-refractivity contribution in [3.8, 4) is 6.07 Å². The molecular formula is C18H9Cl2N3O2. The van der Waals surface area contributed by atoms with Crippen LogP contribution in [0, 0.1) is 11.3 Å². The Morgan fingerprint density at radius 1 is 1.04 bits per heavy atom. The quantitative estimate of drug-likeness (QED) is 0.643. The number of nitrogens with zero attached hydrogens (tertiary/aromatic N) is 3. The van der Waals surface area contributed by atoms with Gasteiger partial charge >= 0.3 is 0 Å².